The number of ether oxygens (including phenoxy) is 1. The summed E-state index contributed by atoms with van der Waals surface area (Å²) in [4.78, 5) is 22.1. The number of hydrogen-bond acceptors (Lipinski definition) is 4. The van der Waals surface area contributed by atoms with Gasteiger partial charge in [0.1, 0.15) is 5.54 Å². The second kappa shape index (κ2) is 3.89. The van der Waals surface area contributed by atoms with Crippen LogP contribution < -0.4 is 5.73 Å². The molecule has 3 unspecified atom stereocenters. The van der Waals surface area contributed by atoms with E-state index in [4.69, 9.17) is 15.6 Å². The molecule has 2 saturated carbocycles. The van der Waals surface area contributed by atoms with Crippen molar-refractivity contribution in [3.8, 4) is 0 Å². The van der Waals surface area contributed by atoms with Crippen molar-refractivity contribution in [3.05, 3.63) is 0 Å². The molecular formula is C11H16FNO5. The maximum atomic E-state index is 14.1. The van der Waals surface area contributed by atoms with Crippen LogP contribution in [0.4, 0.5) is 4.39 Å². The highest BCUT2D eigenvalue weighted by Crippen LogP contribution is 2.67. The van der Waals surface area contributed by atoms with Crippen molar-refractivity contribution in [2.24, 2.45) is 17.6 Å². The number of alkyl halides is 1. The number of hydrogen-bond donors (Lipinski definition) is 3. The molecule has 0 heterocycles. The van der Waals surface area contributed by atoms with E-state index >= 15 is 0 Å². The lowest BCUT2D eigenvalue weighted by Gasteiger charge is -2.31. The van der Waals surface area contributed by atoms with Gasteiger partial charge in [-0.1, -0.05) is 6.92 Å². The van der Waals surface area contributed by atoms with Gasteiger partial charge >= 0.3 is 11.9 Å². The molecule has 0 saturated heterocycles. The first-order valence-corrected chi connectivity index (χ1v) is 5.87. The number of carbonyl (C=O) groups is 2. The Morgan fingerprint density at radius 1 is 1.44 bits per heavy atom. The molecule has 0 aromatic heterocycles. The molecule has 6 nitrogen and oxygen atoms in total. The number of aliphatic carboxylic acids is 2. The number of carboxylic acids is 2. The van der Waals surface area contributed by atoms with Gasteiger partial charge in [-0.15, -0.1) is 0 Å². The molecule has 0 spiro atoms. The van der Waals surface area contributed by atoms with Crippen molar-refractivity contribution in [2.75, 3.05) is 6.61 Å². The van der Waals surface area contributed by atoms with Gasteiger partial charge in [-0.3, -0.25) is 4.79 Å². The summed E-state index contributed by atoms with van der Waals surface area (Å²) in [5.41, 5.74) is 1.29. The first kappa shape index (κ1) is 13.2. The minimum Gasteiger partial charge on any atom is -0.480 e. The third kappa shape index (κ3) is 1.40. The number of nitrogens with two attached hydrogens (primary N) is 1. The van der Waals surface area contributed by atoms with E-state index in [1.807, 2.05) is 6.92 Å². The van der Waals surface area contributed by atoms with Gasteiger partial charge in [-0.25, -0.2) is 9.18 Å². The van der Waals surface area contributed by atoms with Crippen LogP contribution in [-0.2, 0) is 14.3 Å². The topological polar surface area (TPSA) is 110 Å². The molecule has 2 fully saturated rings. The van der Waals surface area contributed by atoms with Crippen LogP contribution in [0.1, 0.15) is 19.8 Å². The first-order valence-electron chi connectivity index (χ1n) is 5.87. The molecule has 2 aliphatic carbocycles. The molecular weight excluding hydrogens is 245 g/mol. The molecule has 0 aromatic rings. The van der Waals surface area contributed by atoms with Crippen molar-refractivity contribution < 1.29 is 28.9 Å². The summed E-state index contributed by atoms with van der Waals surface area (Å²) in [6.07, 6.45) is -0.106. The molecule has 2 aliphatic rings. The van der Waals surface area contributed by atoms with E-state index < -0.39 is 41.1 Å². The number of fused-ring (bicyclic) bond motifs is 1. The molecule has 4 N–H and O–H groups in total. The van der Waals surface area contributed by atoms with Crippen molar-refractivity contribution in [3.63, 3.8) is 0 Å². The van der Waals surface area contributed by atoms with Crippen molar-refractivity contribution in [1.82, 2.24) is 0 Å². The Morgan fingerprint density at radius 2 is 2.06 bits per heavy atom. The van der Waals surface area contributed by atoms with Crippen LogP contribution in [0.25, 0.3) is 0 Å². The SMILES string of the molecule is CCCOC1CC2C([C@]1(N)C(=O)O)[C@@]2(F)C(=O)O. The van der Waals surface area contributed by atoms with Crippen LogP contribution >= 0.6 is 0 Å². The van der Waals surface area contributed by atoms with E-state index in [1.165, 1.54) is 0 Å². The third-order valence-electron chi connectivity index (χ3n) is 4.02. The summed E-state index contributed by atoms with van der Waals surface area (Å²) in [7, 11) is 0. The Morgan fingerprint density at radius 3 is 2.50 bits per heavy atom. The van der Waals surface area contributed by atoms with Crippen LogP contribution in [0, 0.1) is 11.8 Å². The molecule has 7 heteroatoms. The number of carboxylic acid groups (broad SMARTS) is 2. The van der Waals surface area contributed by atoms with Gasteiger partial charge in [0.15, 0.2) is 0 Å². The molecule has 0 bridgehead atoms. The van der Waals surface area contributed by atoms with Crippen LogP contribution in [0.2, 0.25) is 0 Å². The predicted octanol–water partition coefficient (Wildman–Crippen LogP) is 0.00630. The van der Waals surface area contributed by atoms with Gasteiger partial charge in [-0.2, -0.15) is 0 Å². The van der Waals surface area contributed by atoms with Crippen LogP contribution in [0.5, 0.6) is 0 Å². The number of rotatable bonds is 5. The molecule has 0 aromatic carbocycles. The monoisotopic (exact) mass is 261 g/mol. The molecule has 2 rings (SSSR count). The summed E-state index contributed by atoms with van der Waals surface area (Å²) in [5, 5.41) is 18.0. The Balaban J connectivity index is 2.24. The molecule has 0 amide bonds. The summed E-state index contributed by atoms with van der Waals surface area (Å²) < 4.78 is 19.4. The second-order valence-electron chi connectivity index (χ2n) is 4.99. The Kier molecular flexibility index (Phi) is 2.86. The Bertz CT molecular complexity index is 403. The predicted molar refractivity (Wildman–Crippen MR) is 57.7 cm³/mol. The van der Waals surface area contributed by atoms with Gasteiger partial charge in [-0.05, 0) is 12.8 Å². The fourth-order valence-electron chi connectivity index (χ4n) is 3.07. The minimum absolute atomic E-state index is 0.0380. The summed E-state index contributed by atoms with van der Waals surface area (Å²) in [6.45, 7) is 2.17. The zero-order valence-corrected chi connectivity index (χ0v) is 9.93. The van der Waals surface area contributed by atoms with Gasteiger partial charge in [0.2, 0.25) is 5.67 Å². The lowest BCUT2D eigenvalue weighted by atomic mass is 9.88. The summed E-state index contributed by atoms with van der Waals surface area (Å²) in [6, 6.07) is 0. The zero-order chi connectivity index (χ0) is 13.7. The van der Waals surface area contributed by atoms with E-state index in [-0.39, 0.29) is 6.42 Å². The third-order valence-corrected chi connectivity index (χ3v) is 4.02. The van der Waals surface area contributed by atoms with E-state index in [0.29, 0.717) is 13.0 Å². The lowest BCUT2D eigenvalue weighted by Crippen LogP contribution is -2.60. The van der Waals surface area contributed by atoms with Crippen LogP contribution in [-0.4, -0.2) is 46.1 Å². The minimum atomic E-state index is -2.51. The van der Waals surface area contributed by atoms with Crippen molar-refractivity contribution in [2.45, 2.75) is 37.1 Å². The summed E-state index contributed by atoms with van der Waals surface area (Å²) >= 11 is 0. The lowest BCUT2D eigenvalue weighted by molar-refractivity contribution is -0.155. The van der Waals surface area contributed by atoms with Crippen molar-refractivity contribution >= 4 is 11.9 Å². The van der Waals surface area contributed by atoms with E-state index in [0.717, 1.165) is 0 Å². The average Bonchev–Trinajstić information content (AvgIpc) is 2.76. The van der Waals surface area contributed by atoms with E-state index in [9.17, 15) is 19.1 Å². The van der Waals surface area contributed by atoms with Gasteiger partial charge in [0.25, 0.3) is 0 Å². The maximum Gasteiger partial charge on any atom is 0.342 e. The normalized spacial score (nSPS) is 45.6. The van der Waals surface area contributed by atoms with Crippen LogP contribution in [0.3, 0.4) is 0 Å². The average molecular weight is 261 g/mol. The quantitative estimate of drug-likeness (QED) is 0.643. The largest absolute Gasteiger partial charge is 0.480 e. The smallest absolute Gasteiger partial charge is 0.342 e. The standard InChI is InChI=1S/C11H16FNO5/c1-2-3-18-6-4-5-7(10(5,12)8(14)15)11(6,13)9(16)17/h5-7H,2-4,13H2,1H3,(H,14,15)(H,16,17)/t5?,6?,7?,10-,11+/m1/s1. The number of halogens is 1. The maximum absolute atomic E-state index is 14.1. The fraction of sp³-hybridized carbons (Fsp3) is 0.818. The zero-order valence-electron chi connectivity index (χ0n) is 9.93. The van der Waals surface area contributed by atoms with E-state index in [1.54, 1.807) is 0 Å². The highest BCUT2D eigenvalue weighted by Gasteiger charge is 2.85. The van der Waals surface area contributed by atoms with Gasteiger partial charge in [0, 0.05) is 18.4 Å². The van der Waals surface area contributed by atoms with Gasteiger partial charge in [0.05, 0.1) is 6.10 Å². The summed E-state index contributed by atoms with van der Waals surface area (Å²) in [5.74, 6) is -5.11. The fourth-order valence-corrected chi connectivity index (χ4v) is 3.07. The van der Waals surface area contributed by atoms with Gasteiger partial charge < -0.3 is 20.7 Å². The molecule has 5 atom stereocenters. The highest BCUT2D eigenvalue weighted by molar-refractivity contribution is 5.90. The first-order chi connectivity index (χ1) is 8.31. The Labute approximate surface area is 103 Å². The highest BCUT2D eigenvalue weighted by atomic mass is 19.1. The molecule has 102 valence electrons. The van der Waals surface area contributed by atoms with E-state index in [2.05, 4.69) is 0 Å². The van der Waals surface area contributed by atoms with Crippen LogP contribution in [0.15, 0.2) is 0 Å². The molecule has 0 aliphatic heterocycles. The van der Waals surface area contributed by atoms with Crippen molar-refractivity contribution in [1.29, 1.82) is 0 Å². The second-order valence-corrected chi connectivity index (χ2v) is 4.99. The molecule has 0 radical (unpaired) electrons. The Hall–Kier alpha value is -1.21. The molecule has 18 heavy (non-hydrogen) atoms.